The van der Waals surface area contributed by atoms with Gasteiger partial charge in [0, 0.05) is 13.0 Å². The highest BCUT2D eigenvalue weighted by Gasteiger charge is 2.24. The highest BCUT2D eigenvalue weighted by Crippen LogP contribution is 2.31. The van der Waals surface area contributed by atoms with Crippen molar-refractivity contribution in [1.29, 1.82) is 0 Å². The summed E-state index contributed by atoms with van der Waals surface area (Å²) in [6, 6.07) is 7.58. The van der Waals surface area contributed by atoms with Crippen molar-refractivity contribution >= 4 is 5.91 Å². The lowest BCUT2D eigenvalue weighted by molar-refractivity contribution is -0.132. The van der Waals surface area contributed by atoms with Gasteiger partial charge in [0.15, 0.2) is 17.6 Å². The number of para-hydroxylation sites is 2. The number of nitrogens with zero attached hydrogens (tertiary/aromatic N) is 4. The Hall–Kier alpha value is -2.57. The lowest BCUT2D eigenvalue weighted by Gasteiger charge is -2.31. The van der Waals surface area contributed by atoms with Gasteiger partial charge >= 0.3 is 0 Å². The first kappa shape index (κ1) is 15.3. The molecule has 2 aromatic rings. The zero-order chi connectivity index (χ0) is 16.1. The van der Waals surface area contributed by atoms with E-state index >= 15 is 0 Å². The van der Waals surface area contributed by atoms with Crippen molar-refractivity contribution in [3.05, 3.63) is 36.9 Å². The molecule has 0 N–H and O–H groups in total. The van der Waals surface area contributed by atoms with Crippen molar-refractivity contribution in [2.45, 2.75) is 26.0 Å². The molecule has 23 heavy (non-hydrogen) atoms. The van der Waals surface area contributed by atoms with Crippen LogP contribution in [-0.2, 0) is 11.3 Å². The van der Waals surface area contributed by atoms with E-state index in [0.29, 0.717) is 32.7 Å². The number of aromatic nitrogens is 3. The van der Waals surface area contributed by atoms with Gasteiger partial charge < -0.3 is 14.4 Å². The lowest BCUT2D eigenvalue weighted by Crippen LogP contribution is -2.43. The molecule has 122 valence electrons. The third-order valence-electron chi connectivity index (χ3n) is 3.75. The fraction of sp³-hybridized carbons (Fsp3) is 0.438. The predicted molar refractivity (Wildman–Crippen MR) is 83.2 cm³/mol. The van der Waals surface area contributed by atoms with Gasteiger partial charge in [-0.15, -0.1) is 0 Å². The van der Waals surface area contributed by atoms with E-state index in [-0.39, 0.29) is 12.0 Å². The van der Waals surface area contributed by atoms with Crippen LogP contribution >= 0.6 is 0 Å². The van der Waals surface area contributed by atoms with Gasteiger partial charge in [0.05, 0.1) is 13.1 Å². The molecular formula is C16H20N4O3. The first-order valence-corrected chi connectivity index (χ1v) is 7.75. The summed E-state index contributed by atoms with van der Waals surface area (Å²) in [6.07, 6.45) is 3.31. The van der Waals surface area contributed by atoms with Gasteiger partial charge in [-0.05, 0) is 19.1 Å². The highest BCUT2D eigenvalue weighted by atomic mass is 16.6. The lowest BCUT2D eigenvalue weighted by atomic mass is 10.2. The van der Waals surface area contributed by atoms with E-state index in [9.17, 15) is 4.79 Å². The molecule has 0 spiro atoms. The fourth-order valence-corrected chi connectivity index (χ4v) is 2.52. The van der Waals surface area contributed by atoms with Gasteiger partial charge in [-0.25, -0.2) is 4.98 Å². The minimum atomic E-state index is -0.153. The minimum absolute atomic E-state index is 0.0745. The van der Waals surface area contributed by atoms with Crippen molar-refractivity contribution in [1.82, 2.24) is 19.7 Å². The first-order valence-electron chi connectivity index (χ1n) is 7.75. The van der Waals surface area contributed by atoms with Gasteiger partial charge in [-0.2, -0.15) is 5.10 Å². The number of aryl methyl sites for hydroxylation is 1. The number of carbonyl (C=O) groups is 1. The predicted octanol–water partition coefficient (Wildman–Crippen LogP) is 1.36. The van der Waals surface area contributed by atoms with E-state index in [0.717, 1.165) is 11.5 Å². The topological polar surface area (TPSA) is 69.5 Å². The molecule has 1 atom stereocenters. The van der Waals surface area contributed by atoms with E-state index in [1.54, 1.807) is 15.9 Å². The molecule has 3 rings (SSSR count). The maximum Gasteiger partial charge on any atom is 0.224 e. The van der Waals surface area contributed by atoms with Crippen LogP contribution in [-0.4, -0.2) is 51.4 Å². The maximum atomic E-state index is 12.4. The van der Waals surface area contributed by atoms with Crippen molar-refractivity contribution in [3.63, 3.8) is 0 Å². The number of carbonyl (C=O) groups excluding carboxylic acids is 1. The van der Waals surface area contributed by atoms with Crippen LogP contribution in [0.25, 0.3) is 0 Å². The number of rotatable bonds is 6. The van der Waals surface area contributed by atoms with Gasteiger partial charge in [-0.3, -0.25) is 9.48 Å². The van der Waals surface area contributed by atoms with Gasteiger partial charge in [0.2, 0.25) is 5.91 Å². The van der Waals surface area contributed by atoms with Gasteiger partial charge in [-0.1, -0.05) is 12.1 Å². The molecule has 1 aliphatic rings. The van der Waals surface area contributed by atoms with E-state index in [4.69, 9.17) is 9.47 Å². The number of ether oxygens (including phenoxy) is 2. The monoisotopic (exact) mass is 316 g/mol. The quantitative estimate of drug-likeness (QED) is 0.805. The van der Waals surface area contributed by atoms with E-state index in [2.05, 4.69) is 10.1 Å². The third-order valence-corrected chi connectivity index (χ3v) is 3.75. The number of hydrogen-bond donors (Lipinski definition) is 0. The number of benzene rings is 1. The summed E-state index contributed by atoms with van der Waals surface area (Å²) in [7, 11) is 0. The summed E-state index contributed by atoms with van der Waals surface area (Å²) >= 11 is 0. The molecule has 0 bridgehead atoms. The minimum Gasteiger partial charge on any atom is -0.486 e. The molecule has 1 aromatic carbocycles. The first-order chi connectivity index (χ1) is 11.3. The fourth-order valence-electron chi connectivity index (χ4n) is 2.52. The van der Waals surface area contributed by atoms with Gasteiger partial charge in [0.1, 0.15) is 19.3 Å². The van der Waals surface area contributed by atoms with Crippen LogP contribution in [0, 0.1) is 0 Å². The zero-order valence-corrected chi connectivity index (χ0v) is 13.1. The average molecular weight is 316 g/mol. The second-order valence-electron chi connectivity index (χ2n) is 5.34. The molecule has 0 saturated carbocycles. The summed E-state index contributed by atoms with van der Waals surface area (Å²) < 4.78 is 13.3. The SMILES string of the molecule is CCN(C[C@H]1COc2ccccc2O1)C(=O)CCn1cncn1. The molecule has 0 aliphatic carbocycles. The molecule has 7 heteroatoms. The Balaban J connectivity index is 1.54. The van der Waals surface area contributed by atoms with Crippen LogP contribution in [0.5, 0.6) is 11.5 Å². The smallest absolute Gasteiger partial charge is 0.224 e. The maximum absolute atomic E-state index is 12.4. The molecular weight excluding hydrogens is 296 g/mol. The van der Waals surface area contributed by atoms with Crippen LogP contribution in [0.1, 0.15) is 13.3 Å². The van der Waals surface area contributed by atoms with Crippen LogP contribution in [0.3, 0.4) is 0 Å². The van der Waals surface area contributed by atoms with Gasteiger partial charge in [0.25, 0.3) is 0 Å². The number of fused-ring (bicyclic) bond motifs is 1. The number of likely N-dealkylation sites (N-methyl/N-ethyl adjacent to an activating group) is 1. The Labute approximate surface area is 134 Å². The summed E-state index contributed by atoms with van der Waals surface area (Å²) in [5.74, 6) is 1.56. The number of hydrogen-bond acceptors (Lipinski definition) is 5. The molecule has 1 amide bonds. The zero-order valence-electron chi connectivity index (χ0n) is 13.1. The van der Waals surface area contributed by atoms with E-state index in [1.807, 2.05) is 31.2 Å². The van der Waals surface area contributed by atoms with Crippen molar-refractivity contribution in [2.24, 2.45) is 0 Å². The Morgan fingerprint density at radius 2 is 2.22 bits per heavy atom. The Kier molecular flexibility index (Phi) is 4.75. The standard InChI is InChI=1S/C16H20N4O3/c1-2-19(16(21)7-8-20-12-17-11-18-20)9-13-10-22-14-5-3-4-6-15(14)23-13/h3-6,11-13H,2,7-10H2,1H3/t13-/m0/s1. The van der Waals surface area contributed by atoms with E-state index in [1.165, 1.54) is 6.33 Å². The third kappa shape index (κ3) is 3.80. The van der Waals surface area contributed by atoms with Crippen molar-refractivity contribution in [3.8, 4) is 11.5 Å². The molecule has 1 aliphatic heterocycles. The van der Waals surface area contributed by atoms with Crippen LogP contribution in [0.4, 0.5) is 0 Å². The summed E-state index contributed by atoms with van der Waals surface area (Å²) in [5, 5.41) is 4.00. The second kappa shape index (κ2) is 7.13. The van der Waals surface area contributed by atoms with Crippen LogP contribution in [0.2, 0.25) is 0 Å². The Morgan fingerprint density at radius 3 is 2.96 bits per heavy atom. The van der Waals surface area contributed by atoms with Crippen LogP contribution < -0.4 is 9.47 Å². The molecule has 0 fully saturated rings. The van der Waals surface area contributed by atoms with Crippen molar-refractivity contribution < 1.29 is 14.3 Å². The molecule has 1 aromatic heterocycles. The molecule has 0 saturated heterocycles. The molecule has 0 unspecified atom stereocenters. The highest BCUT2D eigenvalue weighted by molar-refractivity contribution is 5.76. The molecule has 7 nitrogen and oxygen atoms in total. The number of amides is 1. The van der Waals surface area contributed by atoms with Crippen molar-refractivity contribution in [2.75, 3.05) is 19.7 Å². The molecule has 0 radical (unpaired) electrons. The summed E-state index contributed by atoms with van der Waals surface area (Å²) in [4.78, 5) is 18.0. The average Bonchev–Trinajstić information content (AvgIpc) is 3.11. The van der Waals surface area contributed by atoms with E-state index < -0.39 is 0 Å². The normalized spacial score (nSPS) is 16.1. The second-order valence-corrected chi connectivity index (χ2v) is 5.34. The van der Waals surface area contributed by atoms with Crippen LogP contribution in [0.15, 0.2) is 36.9 Å². The summed E-state index contributed by atoms with van der Waals surface area (Å²) in [5.41, 5.74) is 0. The Bertz CT molecular complexity index is 645. The summed E-state index contributed by atoms with van der Waals surface area (Å²) in [6.45, 7) is 4.09. The molecule has 2 heterocycles. The Morgan fingerprint density at radius 1 is 1.39 bits per heavy atom. The largest absolute Gasteiger partial charge is 0.486 e.